The third-order valence-electron chi connectivity index (χ3n) is 2.53. The molecule has 20 heavy (non-hydrogen) atoms. The summed E-state index contributed by atoms with van der Waals surface area (Å²) in [6.07, 6.45) is -2.58. The van der Waals surface area contributed by atoms with Crippen LogP contribution in [-0.2, 0) is 0 Å². The van der Waals surface area contributed by atoms with E-state index in [9.17, 15) is 18.9 Å². The van der Waals surface area contributed by atoms with Gasteiger partial charge in [0.1, 0.15) is 0 Å². The Hall–Kier alpha value is -1.96. The summed E-state index contributed by atoms with van der Waals surface area (Å²) in [5, 5.41) is 19.7. The normalized spacial score (nSPS) is 10.7. The molecule has 6 nitrogen and oxygen atoms in total. The number of nitro groups is 1. The van der Waals surface area contributed by atoms with Crippen LogP contribution >= 0.6 is 0 Å². The molecule has 0 aliphatic heterocycles. The summed E-state index contributed by atoms with van der Waals surface area (Å²) < 4.78 is 30.1. The second-order valence-corrected chi connectivity index (χ2v) is 3.90. The number of hydrogen-bond donors (Lipinski definition) is 1. The highest BCUT2D eigenvalue weighted by Crippen LogP contribution is 2.31. The van der Waals surface area contributed by atoms with E-state index in [1.54, 1.807) is 6.92 Å². The molecule has 0 aliphatic carbocycles. The van der Waals surface area contributed by atoms with Crippen LogP contribution in [0.2, 0.25) is 0 Å². The smallest absolute Gasteiger partial charge is 0.311 e. The second-order valence-electron chi connectivity index (χ2n) is 3.90. The van der Waals surface area contributed by atoms with Gasteiger partial charge < -0.3 is 14.7 Å². The van der Waals surface area contributed by atoms with Crippen LogP contribution in [0, 0.1) is 10.1 Å². The minimum atomic E-state index is -2.58. The first-order chi connectivity index (χ1) is 9.49. The van der Waals surface area contributed by atoms with E-state index in [2.05, 4.69) is 0 Å². The minimum absolute atomic E-state index is 0.00765. The molecule has 0 fully saturated rings. The van der Waals surface area contributed by atoms with Crippen molar-refractivity contribution in [1.29, 1.82) is 0 Å². The van der Waals surface area contributed by atoms with Gasteiger partial charge in [0, 0.05) is 24.4 Å². The highest BCUT2D eigenvalue weighted by Gasteiger charge is 2.19. The predicted octanol–water partition coefficient (Wildman–Crippen LogP) is 2.06. The molecular weight excluding hydrogens is 274 g/mol. The molecule has 0 spiro atoms. The van der Waals surface area contributed by atoms with Crippen molar-refractivity contribution in [3.8, 4) is 5.75 Å². The molecule has 1 rings (SSSR count). The number of rotatable bonds is 8. The summed E-state index contributed by atoms with van der Waals surface area (Å²) in [4.78, 5) is 11.5. The lowest BCUT2D eigenvalue weighted by atomic mass is 10.2. The lowest BCUT2D eigenvalue weighted by Crippen LogP contribution is -2.31. The first-order valence-corrected chi connectivity index (χ1v) is 6.04. The molecule has 0 bridgehead atoms. The standard InChI is InChI=1S/C12H16F2N2O4/c1-2-20-11-7-9(3-4-10(11)16(18)19)15(5-6-17)8-12(13)14/h3-4,7,12,17H,2,5-6,8H2,1H3. The van der Waals surface area contributed by atoms with Crippen LogP contribution in [0.4, 0.5) is 20.2 Å². The number of nitro benzene ring substituents is 1. The molecule has 8 heteroatoms. The van der Waals surface area contributed by atoms with Crippen LogP contribution in [0.3, 0.4) is 0 Å². The summed E-state index contributed by atoms with van der Waals surface area (Å²) in [5.74, 6) is 0.0206. The quantitative estimate of drug-likeness (QED) is 0.586. The van der Waals surface area contributed by atoms with Crippen molar-refractivity contribution in [2.75, 3.05) is 31.2 Å². The van der Waals surface area contributed by atoms with E-state index in [-0.39, 0.29) is 31.2 Å². The van der Waals surface area contributed by atoms with E-state index in [0.29, 0.717) is 5.69 Å². The fraction of sp³-hybridized carbons (Fsp3) is 0.500. The lowest BCUT2D eigenvalue weighted by Gasteiger charge is -2.23. The molecule has 112 valence electrons. The first-order valence-electron chi connectivity index (χ1n) is 6.04. The number of halogens is 2. The third kappa shape index (κ3) is 4.30. The molecular formula is C12H16F2N2O4. The Balaban J connectivity index is 3.09. The predicted molar refractivity (Wildman–Crippen MR) is 69.6 cm³/mol. The van der Waals surface area contributed by atoms with Gasteiger partial charge in [-0.1, -0.05) is 0 Å². The molecule has 0 amide bonds. The van der Waals surface area contributed by atoms with Gasteiger partial charge in [0.25, 0.3) is 6.43 Å². The van der Waals surface area contributed by atoms with E-state index in [1.807, 2.05) is 0 Å². The molecule has 0 saturated heterocycles. The van der Waals surface area contributed by atoms with Crippen LogP contribution in [-0.4, -0.2) is 42.8 Å². The number of alkyl halides is 2. The number of anilines is 1. The van der Waals surface area contributed by atoms with Crippen LogP contribution in [0.5, 0.6) is 5.75 Å². The lowest BCUT2D eigenvalue weighted by molar-refractivity contribution is -0.385. The van der Waals surface area contributed by atoms with Gasteiger partial charge in [0.2, 0.25) is 0 Å². The zero-order valence-electron chi connectivity index (χ0n) is 11.0. The molecule has 0 aliphatic rings. The Bertz CT molecular complexity index is 457. The minimum Gasteiger partial charge on any atom is -0.487 e. The van der Waals surface area contributed by atoms with Gasteiger partial charge in [-0.15, -0.1) is 0 Å². The number of aliphatic hydroxyl groups is 1. The largest absolute Gasteiger partial charge is 0.487 e. The summed E-state index contributed by atoms with van der Waals surface area (Å²) in [5.41, 5.74) is 0.116. The summed E-state index contributed by atoms with van der Waals surface area (Å²) in [6, 6.07) is 3.90. The number of benzene rings is 1. The Labute approximate surface area is 114 Å². The molecule has 0 atom stereocenters. The highest BCUT2D eigenvalue weighted by atomic mass is 19.3. The Kier molecular flexibility index (Phi) is 6.10. The Morgan fingerprint density at radius 2 is 2.20 bits per heavy atom. The van der Waals surface area contributed by atoms with Crippen molar-refractivity contribution < 1.29 is 23.5 Å². The zero-order chi connectivity index (χ0) is 15.1. The monoisotopic (exact) mass is 290 g/mol. The molecule has 1 N–H and O–H groups in total. The molecule has 0 unspecified atom stereocenters. The molecule has 0 saturated carbocycles. The number of ether oxygens (including phenoxy) is 1. The molecule has 0 heterocycles. The van der Waals surface area contributed by atoms with E-state index in [0.717, 1.165) is 0 Å². The van der Waals surface area contributed by atoms with E-state index < -0.39 is 17.9 Å². The Morgan fingerprint density at radius 3 is 2.70 bits per heavy atom. The van der Waals surface area contributed by atoms with Gasteiger partial charge in [-0.2, -0.15) is 0 Å². The van der Waals surface area contributed by atoms with Gasteiger partial charge in [0.05, 0.1) is 24.7 Å². The van der Waals surface area contributed by atoms with Gasteiger partial charge in [-0.05, 0) is 13.0 Å². The maximum atomic E-state index is 12.5. The number of aliphatic hydroxyl groups excluding tert-OH is 1. The maximum absolute atomic E-state index is 12.5. The van der Waals surface area contributed by atoms with Crippen LogP contribution < -0.4 is 9.64 Å². The summed E-state index contributed by atoms with van der Waals surface area (Å²) in [6.45, 7) is 1.03. The number of hydrogen-bond acceptors (Lipinski definition) is 5. The highest BCUT2D eigenvalue weighted by molar-refractivity contribution is 5.59. The fourth-order valence-electron chi connectivity index (χ4n) is 1.73. The average Bonchev–Trinajstić information content (AvgIpc) is 2.37. The van der Waals surface area contributed by atoms with Crippen LogP contribution in [0.25, 0.3) is 0 Å². The van der Waals surface area contributed by atoms with E-state index in [4.69, 9.17) is 9.84 Å². The molecule has 0 radical (unpaired) electrons. The SMILES string of the molecule is CCOc1cc(N(CCO)CC(F)F)ccc1[N+](=O)[O-]. The van der Waals surface area contributed by atoms with E-state index >= 15 is 0 Å². The summed E-state index contributed by atoms with van der Waals surface area (Å²) >= 11 is 0. The Morgan fingerprint density at radius 1 is 1.50 bits per heavy atom. The topological polar surface area (TPSA) is 75.8 Å². The van der Waals surface area contributed by atoms with Crippen molar-refractivity contribution in [2.45, 2.75) is 13.3 Å². The van der Waals surface area contributed by atoms with Crippen molar-refractivity contribution in [2.24, 2.45) is 0 Å². The van der Waals surface area contributed by atoms with E-state index in [1.165, 1.54) is 23.1 Å². The van der Waals surface area contributed by atoms with Gasteiger partial charge in [-0.25, -0.2) is 8.78 Å². The zero-order valence-corrected chi connectivity index (χ0v) is 11.0. The van der Waals surface area contributed by atoms with Crippen molar-refractivity contribution in [3.05, 3.63) is 28.3 Å². The third-order valence-corrected chi connectivity index (χ3v) is 2.53. The van der Waals surface area contributed by atoms with Crippen LogP contribution in [0.1, 0.15) is 6.92 Å². The van der Waals surface area contributed by atoms with Crippen LogP contribution in [0.15, 0.2) is 18.2 Å². The van der Waals surface area contributed by atoms with Gasteiger partial charge in [-0.3, -0.25) is 10.1 Å². The fourth-order valence-corrected chi connectivity index (χ4v) is 1.73. The van der Waals surface area contributed by atoms with Crippen molar-refractivity contribution >= 4 is 11.4 Å². The summed E-state index contributed by atoms with van der Waals surface area (Å²) in [7, 11) is 0. The second kappa shape index (κ2) is 7.59. The molecule has 0 aromatic heterocycles. The first kappa shape index (κ1) is 16.1. The molecule has 1 aromatic rings. The average molecular weight is 290 g/mol. The molecule has 1 aromatic carbocycles. The van der Waals surface area contributed by atoms with Gasteiger partial charge >= 0.3 is 5.69 Å². The number of nitrogens with zero attached hydrogens (tertiary/aromatic N) is 2. The van der Waals surface area contributed by atoms with Gasteiger partial charge in [0.15, 0.2) is 5.75 Å². The van der Waals surface area contributed by atoms with Crippen molar-refractivity contribution in [3.63, 3.8) is 0 Å². The van der Waals surface area contributed by atoms with Crippen molar-refractivity contribution in [1.82, 2.24) is 0 Å². The maximum Gasteiger partial charge on any atom is 0.311 e.